The summed E-state index contributed by atoms with van der Waals surface area (Å²) in [4.78, 5) is 11.8. The molecular weight excluding hydrogens is 218 g/mol. The number of nitrogens with zero attached hydrogens (tertiary/aromatic N) is 1. The standard InChI is InChI=1S/C13H15NO3/c1-16-8-7-13(15)12(9-14)10-3-5-11(17-2)6-4-10/h3-6,12H,7-8H2,1-2H3. The molecule has 17 heavy (non-hydrogen) atoms. The van der Waals surface area contributed by atoms with Gasteiger partial charge in [0.15, 0.2) is 5.78 Å². The molecule has 1 atom stereocenters. The summed E-state index contributed by atoms with van der Waals surface area (Å²) in [6.07, 6.45) is 0.251. The normalized spacial score (nSPS) is 11.6. The van der Waals surface area contributed by atoms with Crippen molar-refractivity contribution in [3.05, 3.63) is 29.8 Å². The fraction of sp³-hybridized carbons (Fsp3) is 0.385. The maximum Gasteiger partial charge on any atom is 0.156 e. The average Bonchev–Trinajstić information content (AvgIpc) is 2.38. The van der Waals surface area contributed by atoms with Crippen molar-refractivity contribution in [1.29, 1.82) is 5.26 Å². The Kier molecular flexibility index (Phi) is 5.18. The minimum absolute atomic E-state index is 0.125. The number of ketones is 1. The Hall–Kier alpha value is -1.86. The third-order valence-electron chi connectivity index (χ3n) is 2.45. The molecule has 0 N–H and O–H groups in total. The van der Waals surface area contributed by atoms with E-state index in [1.165, 1.54) is 7.11 Å². The van der Waals surface area contributed by atoms with Crippen molar-refractivity contribution in [2.24, 2.45) is 0 Å². The molecular formula is C13H15NO3. The second-order valence-electron chi connectivity index (χ2n) is 3.54. The minimum Gasteiger partial charge on any atom is -0.497 e. The van der Waals surface area contributed by atoms with E-state index in [-0.39, 0.29) is 12.2 Å². The second-order valence-corrected chi connectivity index (χ2v) is 3.54. The van der Waals surface area contributed by atoms with E-state index in [2.05, 4.69) is 0 Å². The number of nitriles is 1. The molecule has 4 heteroatoms. The van der Waals surface area contributed by atoms with Gasteiger partial charge in [-0.25, -0.2) is 0 Å². The molecule has 4 nitrogen and oxygen atoms in total. The maximum atomic E-state index is 11.8. The molecule has 1 rings (SSSR count). The Morgan fingerprint density at radius 1 is 1.35 bits per heavy atom. The van der Waals surface area contributed by atoms with E-state index in [9.17, 15) is 4.79 Å². The highest BCUT2D eigenvalue weighted by molar-refractivity contribution is 5.88. The van der Waals surface area contributed by atoms with Gasteiger partial charge < -0.3 is 9.47 Å². The van der Waals surface area contributed by atoms with Gasteiger partial charge in [-0.05, 0) is 17.7 Å². The predicted molar refractivity (Wildman–Crippen MR) is 62.8 cm³/mol. The highest BCUT2D eigenvalue weighted by atomic mass is 16.5. The maximum absolute atomic E-state index is 11.8. The van der Waals surface area contributed by atoms with E-state index in [0.29, 0.717) is 17.9 Å². The van der Waals surface area contributed by atoms with Crippen LogP contribution in [-0.4, -0.2) is 26.6 Å². The van der Waals surface area contributed by atoms with Gasteiger partial charge in [-0.2, -0.15) is 5.26 Å². The van der Waals surface area contributed by atoms with E-state index in [0.717, 1.165) is 0 Å². The van der Waals surface area contributed by atoms with Crippen LogP contribution in [0.1, 0.15) is 17.9 Å². The zero-order chi connectivity index (χ0) is 12.7. The van der Waals surface area contributed by atoms with Gasteiger partial charge in [0.05, 0.1) is 19.8 Å². The molecule has 0 radical (unpaired) electrons. The van der Waals surface area contributed by atoms with Gasteiger partial charge in [0, 0.05) is 13.5 Å². The van der Waals surface area contributed by atoms with Crippen LogP contribution in [0.3, 0.4) is 0 Å². The third kappa shape index (κ3) is 3.58. The fourth-order valence-corrected chi connectivity index (χ4v) is 1.48. The summed E-state index contributed by atoms with van der Waals surface area (Å²) in [5, 5.41) is 9.03. The first kappa shape index (κ1) is 13.2. The summed E-state index contributed by atoms with van der Waals surface area (Å²) in [5.41, 5.74) is 0.689. The number of methoxy groups -OCH3 is 2. The Bertz CT molecular complexity index is 406. The first-order chi connectivity index (χ1) is 8.22. The summed E-state index contributed by atoms with van der Waals surface area (Å²) in [6.45, 7) is 0.340. The van der Waals surface area contributed by atoms with Crippen molar-refractivity contribution in [3.63, 3.8) is 0 Å². The van der Waals surface area contributed by atoms with Gasteiger partial charge in [-0.15, -0.1) is 0 Å². The van der Waals surface area contributed by atoms with Crippen molar-refractivity contribution in [1.82, 2.24) is 0 Å². The number of benzene rings is 1. The summed E-state index contributed by atoms with van der Waals surface area (Å²) < 4.78 is 9.85. The van der Waals surface area contributed by atoms with Gasteiger partial charge in [0.1, 0.15) is 11.7 Å². The van der Waals surface area contributed by atoms with Gasteiger partial charge in [-0.1, -0.05) is 12.1 Å². The topological polar surface area (TPSA) is 59.3 Å². The molecule has 0 fully saturated rings. The number of Topliss-reactive ketones (excluding diaryl/α,β-unsaturated/α-hetero) is 1. The predicted octanol–water partition coefficient (Wildman–Crippen LogP) is 1.91. The molecule has 1 unspecified atom stereocenters. The largest absolute Gasteiger partial charge is 0.497 e. The zero-order valence-corrected chi connectivity index (χ0v) is 9.97. The summed E-state index contributed by atoms with van der Waals surface area (Å²) in [6, 6.07) is 8.96. The van der Waals surface area contributed by atoms with Gasteiger partial charge in [-0.3, -0.25) is 4.79 Å². The summed E-state index contributed by atoms with van der Waals surface area (Å²) in [5.74, 6) is -0.148. The molecule has 90 valence electrons. The number of carbonyl (C=O) groups excluding carboxylic acids is 1. The molecule has 0 aromatic heterocycles. The Morgan fingerprint density at radius 2 is 2.00 bits per heavy atom. The van der Waals surface area contributed by atoms with Crippen LogP contribution >= 0.6 is 0 Å². The van der Waals surface area contributed by atoms with E-state index < -0.39 is 5.92 Å². The van der Waals surface area contributed by atoms with Crippen LogP contribution in [0.2, 0.25) is 0 Å². The molecule has 1 aromatic rings. The molecule has 0 saturated heterocycles. The third-order valence-corrected chi connectivity index (χ3v) is 2.45. The zero-order valence-electron chi connectivity index (χ0n) is 9.97. The summed E-state index contributed by atoms with van der Waals surface area (Å²) in [7, 11) is 3.10. The van der Waals surface area contributed by atoms with E-state index in [1.807, 2.05) is 6.07 Å². The first-order valence-electron chi connectivity index (χ1n) is 5.28. The average molecular weight is 233 g/mol. The van der Waals surface area contributed by atoms with Gasteiger partial charge in [0.2, 0.25) is 0 Å². The van der Waals surface area contributed by atoms with Crippen molar-refractivity contribution in [3.8, 4) is 11.8 Å². The number of carbonyl (C=O) groups is 1. The molecule has 0 saturated carbocycles. The second kappa shape index (κ2) is 6.66. The van der Waals surface area contributed by atoms with Crippen LogP contribution in [0, 0.1) is 11.3 Å². The Labute approximate surface area is 101 Å². The van der Waals surface area contributed by atoms with Gasteiger partial charge >= 0.3 is 0 Å². The molecule has 0 aliphatic rings. The SMILES string of the molecule is COCCC(=O)C(C#N)c1ccc(OC)cc1. The van der Waals surface area contributed by atoms with Crippen molar-refractivity contribution in [2.75, 3.05) is 20.8 Å². The smallest absolute Gasteiger partial charge is 0.156 e. The highest BCUT2D eigenvalue weighted by Crippen LogP contribution is 2.20. The number of rotatable bonds is 6. The quantitative estimate of drug-likeness (QED) is 0.753. The lowest BCUT2D eigenvalue weighted by molar-refractivity contribution is -0.120. The van der Waals surface area contributed by atoms with E-state index in [1.54, 1.807) is 31.4 Å². The van der Waals surface area contributed by atoms with Crippen molar-refractivity contribution < 1.29 is 14.3 Å². The van der Waals surface area contributed by atoms with Crippen LogP contribution in [0.25, 0.3) is 0 Å². The van der Waals surface area contributed by atoms with Crippen LogP contribution in [-0.2, 0) is 9.53 Å². The number of hydrogen-bond donors (Lipinski definition) is 0. The van der Waals surface area contributed by atoms with Crippen LogP contribution in [0.5, 0.6) is 5.75 Å². The molecule has 0 spiro atoms. The van der Waals surface area contributed by atoms with Crippen LogP contribution < -0.4 is 4.74 Å². The highest BCUT2D eigenvalue weighted by Gasteiger charge is 2.19. The lowest BCUT2D eigenvalue weighted by Crippen LogP contribution is -2.12. The van der Waals surface area contributed by atoms with E-state index in [4.69, 9.17) is 14.7 Å². The molecule has 0 amide bonds. The molecule has 1 aromatic carbocycles. The first-order valence-corrected chi connectivity index (χ1v) is 5.28. The molecule has 0 heterocycles. The molecule has 0 aliphatic carbocycles. The minimum atomic E-state index is -0.726. The lowest BCUT2D eigenvalue weighted by atomic mass is 9.94. The number of hydrogen-bond acceptors (Lipinski definition) is 4. The Balaban J connectivity index is 2.79. The van der Waals surface area contributed by atoms with Crippen molar-refractivity contribution >= 4 is 5.78 Å². The van der Waals surface area contributed by atoms with Crippen LogP contribution in [0.15, 0.2) is 24.3 Å². The summed E-state index contributed by atoms with van der Waals surface area (Å²) >= 11 is 0. The molecule has 0 aliphatic heterocycles. The van der Waals surface area contributed by atoms with Crippen LogP contribution in [0.4, 0.5) is 0 Å². The monoisotopic (exact) mass is 233 g/mol. The van der Waals surface area contributed by atoms with E-state index >= 15 is 0 Å². The Morgan fingerprint density at radius 3 is 2.47 bits per heavy atom. The van der Waals surface area contributed by atoms with Crippen molar-refractivity contribution in [2.45, 2.75) is 12.3 Å². The fourth-order valence-electron chi connectivity index (χ4n) is 1.48. The lowest BCUT2D eigenvalue weighted by Gasteiger charge is -2.09. The number of ether oxygens (including phenoxy) is 2. The molecule has 0 bridgehead atoms. The van der Waals surface area contributed by atoms with Gasteiger partial charge in [0.25, 0.3) is 0 Å².